The Morgan fingerprint density at radius 2 is 1.82 bits per heavy atom. The largest absolute Gasteiger partial charge is 0.283 e. The molecule has 1 amide bonds. The van der Waals surface area contributed by atoms with E-state index in [-0.39, 0.29) is 16.6 Å². The summed E-state index contributed by atoms with van der Waals surface area (Å²) in [6.45, 7) is 1.87. The maximum Gasteiger partial charge on any atom is 0.283 e. The van der Waals surface area contributed by atoms with Crippen molar-refractivity contribution in [2.75, 3.05) is 0 Å². The number of nitrogens with one attached hydrogen (secondary N) is 1. The second-order valence-electron chi connectivity index (χ2n) is 7.20. The number of carbonyl (C=O) groups is 1. The first-order valence-electron chi connectivity index (χ1n) is 9.99. The maximum atomic E-state index is 12.8. The molecule has 3 heterocycles. The molecule has 0 bridgehead atoms. The SMILES string of the molecule is Cc1c(C=C2C(=N)N3N=C(SCc4ccccc4)SC3=NC2=O)c(Cl)nn1-c1ccccc1. The Hall–Kier alpha value is -3.14. The van der Waals surface area contributed by atoms with Crippen LogP contribution in [0.5, 0.6) is 0 Å². The second-order valence-corrected chi connectivity index (χ2v) is 9.73. The number of aromatic nitrogens is 2. The molecule has 0 saturated carbocycles. The quantitative estimate of drug-likeness (QED) is 0.496. The number of amidine groups is 2. The Labute approximate surface area is 203 Å². The number of hydrogen-bond donors (Lipinski definition) is 1. The fraction of sp³-hybridized carbons (Fsp3) is 0.0870. The Morgan fingerprint density at radius 1 is 1.12 bits per heavy atom. The van der Waals surface area contributed by atoms with Gasteiger partial charge in [-0.25, -0.2) is 4.68 Å². The van der Waals surface area contributed by atoms with Gasteiger partial charge in [-0.1, -0.05) is 71.9 Å². The van der Waals surface area contributed by atoms with E-state index in [0.717, 1.165) is 21.5 Å². The summed E-state index contributed by atoms with van der Waals surface area (Å²) in [6, 6.07) is 19.6. The smallest absolute Gasteiger partial charge is 0.282 e. The minimum atomic E-state index is -0.494. The van der Waals surface area contributed by atoms with E-state index in [0.29, 0.717) is 10.7 Å². The first-order valence-corrected chi connectivity index (χ1v) is 12.2. The number of aliphatic imine (C=N–C) groups is 1. The molecule has 2 aromatic carbocycles. The molecule has 7 nitrogen and oxygen atoms in total. The molecule has 2 aliphatic heterocycles. The maximum absolute atomic E-state index is 12.8. The van der Waals surface area contributed by atoms with Gasteiger partial charge in [0, 0.05) is 17.0 Å². The molecule has 0 fully saturated rings. The van der Waals surface area contributed by atoms with E-state index >= 15 is 0 Å². The van der Waals surface area contributed by atoms with Gasteiger partial charge in [-0.2, -0.15) is 15.1 Å². The molecule has 164 valence electrons. The third-order valence-corrected chi connectivity index (χ3v) is 7.44. The Balaban J connectivity index is 1.41. The number of hydrogen-bond acceptors (Lipinski definition) is 6. The van der Waals surface area contributed by atoms with Crippen molar-refractivity contribution < 1.29 is 4.79 Å². The highest BCUT2D eigenvalue weighted by Gasteiger charge is 2.36. The van der Waals surface area contributed by atoms with Crippen molar-refractivity contribution >= 4 is 62.5 Å². The number of halogens is 1. The summed E-state index contributed by atoms with van der Waals surface area (Å²) in [4.78, 5) is 16.9. The van der Waals surface area contributed by atoms with Crippen molar-refractivity contribution in [1.29, 1.82) is 5.41 Å². The Kier molecular flexibility index (Phi) is 5.92. The van der Waals surface area contributed by atoms with Crippen molar-refractivity contribution in [1.82, 2.24) is 14.8 Å². The summed E-state index contributed by atoms with van der Waals surface area (Å²) < 4.78 is 2.45. The number of benzene rings is 2. The van der Waals surface area contributed by atoms with Gasteiger partial charge >= 0.3 is 0 Å². The van der Waals surface area contributed by atoms with E-state index in [1.54, 1.807) is 22.5 Å². The third-order valence-electron chi connectivity index (χ3n) is 5.05. The lowest BCUT2D eigenvalue weighted by Gasteiger charge is -2.20. The van der Waals surface area contributed by atoms with Crippen LogP contribution in [0.2, 0.25) is 5.15 Å². The molecular formula is C23H17ClN6OS2. The number of carbonyl (C=O) groups excluding carboxylic acids is 1. The summed E-state index contributed by atoms with van der Waals surface area (Å²) in [5.74, 6) is 0.215. The first kappa shape index (κ1) is 21.7. The number of amides is 1. The van der Waals surface area contributed by atoms with Gasteiger partial charge in [0.15, 0.2) is 15.4 Å². The van der Waals surface area contributed by atoms with E-state index in [1.165, 1.54) is 22.3 Å². The predicted molar refractivity (Wildman–Crippen MR) is 136 cm³/mol. The molecule has 2 aliphatic rings. The topological polar surface area (TPSA) is 86.7 Å². The number of para-hydroxylation sites is 1. The lowest BCUT2D eigenvalue weighted by molar-refractivity contribution is -0.114. The highest BCUT2D eigenvalue weighted by Crippen LogP contribution is 2.34. The molecule has 1 aromatic heterocycles. The monoisotopic (exact) mass is 492 g/mol. The van der Waals surface area contributed by atoms with Crippen LogP contribution in [0.1, 0.15) is 16.8 Å². The minimum Gasteiger partial charge on any atom is -0.282 e. The van der Waals surface area contributed by atoms with Gasteiger partial charge in [-0.15, -0.1) is 5.10 Å². The highest BCUT2D eigenvalue weighted by molar-refractivity contribution is 8.45. The molecule has 5 rings (SSSR count). The predicted octanol–water partition coefficient (Wildman–Crippen LogP) is 5.34. The van der Waals surface area contributed by atoms with Gasteiger partial charge in [0.1, 0.15) is 0 Å². The molecule has 0 spiro atoms. The van der Waals surface area contributed by atoms with E-state index < -0.39 is 5.91 Å². The van der Waals surface area contributed by atoms with Crippen molar-refractivity contribution in [2.45, 2.75) is 12.7 Å². The summed E-state index contributed by atoms with van der Waals surface area (Å²) in [5, 5.41) is 19.5. The van der Waals surface area contributed by atoms with Crippen LogP contribution in [0.4, 0.5) is 0 Å². The fourth-order valence-electron chi connectivity index (χ4n) is 3.36. The summed E-state index contributed by atoms with van der Waals surface area (Å²) >= 11 is 9.25. The molecule has 0 aliphatic carbocycles. The molecule has 10 heteroatoms. The van der Waals surface area contributed by atoms with Crippen molar-refractivity contribution in [3.8, 4) is 5.69 Å². The number of thioether (sulfide) groups is 2. The van der Waals surface area contributed by atoms with Crippen LogP contribution >= 0.6 is 35.1 Å². The fourth-order valence-corrected chi connectivity index (χ4v) is 5.51. The van der Waals surface area contributed by atoms with Crippen molar-refractivity contribution in [2.24, 2.45) is 10.1 Å². The van der Waals surface area contributed by atoms with Gasteiger partial charge < -0.3 is 0 Å². The molecular weight excluding hydrogens is 476 g/mol. The van der Waals surface area contributed by atoms with Gasteiger partial charge in [-0.05, 0) is 42.5 Å². The number of rotatable bonds is 4. The van der Waals surface area contributed by atoms with Crippen molar-refractivity contribution in [3.63, 3.8) is 0 Å². The van der Waals surface area contributed by atoms with Crippen LogP contribution in [-0.4, -0.2) is 36.1 Å². The molecule has 0 radical (unpaired) electrons. The second kappa shape index (κ2) is 9.01. The van der Waals surface area contributed by atoms with Gasteiger partial charge in [-0.3, -0.25) is 10.2 Å². The van der Waals surface area contributed by atoms with Crippen LogP contribution in [0.25, 0.3) is 11.8 Å². The Bertz CT molecular complexity index is 1350. The first-order chi connectivity index (χ1) is 16.0. The summed E-state index contributed by atoms with van der Waals surface area (Å²) in [5.41, 5.74) is 3.47. The summed E-state index contributed by atoms with van der Waals surface area (Å²) in [7, 11) is 0. The number of hydrazone groups is 1. The van der Waals surface area contributed by atoms with Gasteiger partial charge in [0.05, 0.1) is 11.3 Å². The van der Waals surface area contributed by atoms with Crippen molar-refractivity contribution in [3.05, 3.63) is 88.2 Å². The zero-order valence-electron chi connectivity index (χ0n) is 17.4. The average molecular weight is 493 g/mol. The van der Waals surface area contributed by atoms with Gasteiger partial charge in [0.25, 0.3) is 5.91 Å². The van der Waals surface area contributed by atoms with Gasteiger partial charge in [0.2, 0.25) is 5.17 Å². The third kappa shape index (κ3) is 4.27. The lowest BCUT2D eigenvalue weighted by Crippen LogP contribution is -2.35. The molecule has 3 aromatic rings. The lowest BCUT2D eigenvalue weighted by atomic mass is 10.1. The average Bonchev–Trinajstić information content (AvgIpc) is 3.37. The van der Waals surface area contributed by atoms with E-state index in [9.17, 15) is 4.79 Å². The van der Waals surface area contributed by atoms with Crippen LogP contribution in [0.3, 0.4) is 0 Å². The Morgan fingerprint density at radius 3 is 2.55 bits per heavy atom. The van der Waals surface area contributed by atoms with Crippen LogP contribution in [0, 0.1) is 12.3 Å². The summed E-state index contributed by atoms with van der Waals surface area (Å²) in [6.07, 6.45) is 1.57. The number of nitrogens with zero attached hydrogens (tertiary/aromatic N) is 5. The zero-order chi connectivity index (χ0) is 22.9. The van der Waals surface area contributed by atoms with Crippen LogP contribution < -0.4 is 0 Å². The van der Waals surface area contributed by atoms with Crippen LogP contribution in [0.15, 0.2) is 76.3 Å². The molecule has 0 saturated heterocycles. The van der Waals surface area contributed by atoms with E-state index in [2.05, 4.69) is 15.2 Å². The standard InChI is InChI=1S/C23H17ClN6OS2/c1-14-17(19(24)27-29(14)16-10-6-3-7-11-16)12-18-20(25)30-22(26-21(18)31)33-23(28-30)32-13-15-8-4-2-5-9-15/h2-12,25H,13H2,1H3. The molecule has 0 atom stereocenters. The van der Waals surface area contributed by atoms with E-state index in [4.69, 9.17) is 17.0 Å². The molecule has 33 heavy (non-hydrogen) atoms. The molecule has 1 N–H and O–H groups in total. The van der Waals surface area contributed by atoms with Crippen LogP contribution in [-0.2, 0) is 10.5 Å². The highest BCUT2D eigenvalue weighted by atomic mass is 35.5. The number of fused-ring (bicyclic) bond motifs is 1. The zero-order valence-corrected chi connectivity index (χ0v) is 19.8. The minimum absolute atomic E-state index is 0.0317. The molecule has 0 unspecified atom stereocenters. The van der Waals surface area contributed by atoms with E-state index in [1.807, 2.05) is 67.6 Å². The normalized spacial score (nSPS) is 16.8.